The quantitative estimate of drug-likeness (QED) is 0.0204. The van der Waals surface area contributed by atoms with Crippen LogP contribution >= 0.6 is 7.82 Å². The van der Waals surface area contributed by atoms with Crippen molar-refractivity contribution >= 4 is 19.8 Å². The van der Waals surface area contributed by atoms with Gasteiger partial charge < -0.3 is 27.9 Å². The fourth-order valence-electron chi connectivity index (χ4n) is 5.52. The Hall–Kier alpha value is -1.25. The van der Waals surface area contributed by atoms with Crippen LogP contribution in [0.2, 0.25) is 0 Å². The normalized spacial score (nSPS) is 13.8. The third-order valence-electron chi connectivity index (χ3n) is 8.79. The molecule has 0 amide bonds. The number of likely N-dealkylation sites (N-methyl/N-ethyl adjacent to an activating group) is 1. The third kappa shape index (κ3) is 36.5. The van der Waals surface area contributed by atoms with Gasteiger partial charge in [0.2, 0.25) is 0 Å². The first kappa shape index (κ1) is 48.8. The number of allylic oxidation sites excluding steroid dienone is 2. The van der Waals surface area contributed by atoms with Gasteiger partial charge in [0.25, 0.3) is 7.82 Å². The zero-order valence-corrected chi connectivity index (χ0v) is 34.0. The van der Waals surface area contributed by atoms with Crippen LogP contribution in [0.1, 0.15) is 181 Å². The lowest BCUT2D eigenvalue weighted by molar-refractivity contribution is -0.870. The zero-order valence-electron chi connectivity index (χ0n) is 33.1. The van der Waals surface area contributed by atoms with Crippen LogP contribution in [0, 0.1) is 0 Å². The Balaban J connectivity index is 4.38. The highest BCUT2D eigenvalue weighted by Crippen LogP contribution is 2.38. The van der Waals surface area contributed by atoms with E-state index < -0.39 is 32.5 Å². The van der Waals surface area contributed by atoms with E-state index >= 15 is 0 Å². The standard InChI is InChI=1S/C40H78NO8P/c1-6-8-10-12-14-16-18-19-20-21-23-25-27-29-31-33-40(43)49-38(37-48-50(44,45)47-35-34-41(3,4)5)36-46-39(42)32-30-28-26-24-22-17-15-13-11-9-7-2/h13,15,38H,6-12,14,16-37H2,1-5H3/b15-13-/t38-/m1/s1. The summed E-state index contributed by atoms with van der Waals surface area (Å²) in [5.74, 6) is -0.840. The van der Waals surface area contributed by atoms with Gasteiger partial charge in [-0.05, 0) is 32.1 Å². The van der Waals surface area contributed by atoms with Crippen LogP contribution in [0.3, 0.4) is 0 Å². The number of unbranched alkanes of at least 4 members (excludes halogenated alkanes) is 21. The van der Waals surface area contributed by atoms with Gasteiger partial charge in [-0.3, -0.25) is 14.2 Å². The molecule has 0 N–H and O–H groups in total. The summed E-state index contributed by atoms with van der Waals surface area (Å²) in [6.45, 7) is 4.18. The van der Waals surface area contributed by atoms with E-state index in [1.165, 1.54) is 89.9 Å². The minimum Gasteiger partial charge on any atom is -0.756 e. The molecule has 9 nitrogen and oxygen atoms in total. The molecule has 0 bridgehead atoms. The highest BCUT2D eigenvalue weighted by molar-refractivity contribution is 7.45. The molecule has 0 aromatic heterocycles. The van der Waals surface area contributed by atoms with Crippen molar-refractivity contribution in [2.75, 3.05) is 47.5 Å². The first-order valence-electron chi connectivity index (χ1n) is 20.4. The average molecular weight is 732 g/mol. The molecule has 0 saturated heterocycles. The Labute approximate surface area is 307 Å². The first-order chi connectivity index (χ1) is 24.0. The van der Waals surface area contributed by atoms with Crippen molar-refractivity contribution in [3.63, 3.8) is 0 Å². The molecular formula is C40H78NO8P. The maximum Gasteiger partial charge on any atom is 0.306 e. The van der Waals surface area contributed by atoms with Gasteiger partial charge in [0.05, 0.1) is 27.7 Å². The molecule has 296 valence electrons. The second-order valence-electron chi connectivity index (χ2n) is 15.0. The molecule has 0 aromatic rings. The highest BCUT2D eigenvalue weighted by atomic mass is 31.2. The van der Waals surface area contributed by atoms with Crippen molar-refractivity contribution in [1.82, 2.24) is 0 Å². The Morgan fingerprint density at radius 3 is 1.54 bits per heavy atom. The van der Waals surface area contributed by atoms with Crippen LogP contribution in [0.15, 0.2) is 12.2 Å². The summed E-state index contributed by atoms with van der Waals surface area (Å²) in [6.07, 6.45) is 32.3. The van der Waals surface area contributed by atoms with E-state index in [0.717, 1.165) is 57.8 Å². The summed E-state index contributed by atoms with van der Waals surface area (Å²) in [4.78, 5) is 37.3. The number of carbonyl (C=O) groups excluding carboxylic acids is 2. The molecule has 0 aromatic carbocycles. The predicted molar refractivity (Wildman–Crippen MR) is 204 cm³/mol. The molecule has 0 fully saturated rings. The highest BCUT2D eigenvalue weighted by Gasteiger charge is 2.21. The fraction of sp³-hybridized carbons (Fsp3) is 0.900. The molecule has 0 saturated carbocycles. The largest absolute Gasteiger partial charge is 0.756 e. The fourth-order valence-corrected chi connectivity index (χ4v) is 6.25. The van der Waals surface area contributed by atoms with Crippen LogP contribution in [0.25, 0.3) is 0 Å². The summed E-state index contributed by atoms with van der Waals surface area (Å²) in [7, 11) is 1.17. The van der Waals surface area contributed by atoms with Gasteiger partial charge in [0.1, 0.15) is 19.8 Å². The van der Waals surface area contributed by atoms with Crippen LogP contribution in [0.4, 0.5) is 0 Å². The van der Waals surface area contributed by atoms with Gasteiger partial charge in [0, 0.05) is 12.8 Å². The third-order valence-corrected chi connectivity index (χ3v) is 9.75. The van der Waals surface area contributed by atoms with E-state index in [0.29, 0.717) is 17.4 Å². The summed E-state index contributed by atoms with van der Waals surface area (Å²) in [6, 6.07) is 0. The number of phosphoric acid groups is 1. The lowest BCUT2D eigenvalue weighted by Crippen LogP contribution is -2.37. The Kier molecular flexibility index (Phi) is 32.7. The number of hydrogen-bond acceptors (Lipinski definition) is 8. The predicted octanol–water partition coefficient (Wildman–Crippen LogP) is 10.4. The molecule has 0 rings (SSSR count). The van der Waals surface area contributed by atoms with Crippen molar-refractivity contribution < 1.29 is 42.1 Å². The molecular weight excluding hydrogens is 653 g/mol. The second kappa shape index (κ2) is 33.6. The molecule has 0 spiro atoms. The molecule has 0 radical (unpaired) electrons. The maximum atomic E-state index is 12.6. The molecule has 0 aliphatic heterocycles. The monoisotopic (exact) mass is 732 g/mol. The molecule has 0 heterocycles. The summed E-state index contributed by atoms with van der Waals surface area (Å²) in [5.41, 5.74) is 0. The number of hydrogen-bond donors (Lipinski definition) is 0. The minimum absolute atomic E-state index is 0.0292. The van der Waals surface area contributed by atoms with E-state index in [9.17, 15) is 19.0 Å². The smallest absolute Gasteiger partial charge is 0.306 e. The van der Waals surface area contributed by atoms with Gasteiger partial charge in [-0.15, -0.1) is 0 Å². The second-order valence-corrected chi connectivity index (χ2v) is 16.4. The van der Waals surface area contributed by atoms with E-state index in [-0.39, 0.29) is 26.1 Å². The molecule has 0 aliphatic carbocycles. The summed E-state index contributed by atoms with van der Waals surface area (Å²) in [5, 5.41) is 0. The van der Waals surface area contributed by atoms with Crippen molar-refractivity contribution in [3.05, 3.63) is 12.2 Å². The number of quaternary nitrogens is 1. The van der Waals surface area contributed by atoms with Crippen molar-refractivity contribution in [2.45, 2.75) is 187 Å². The Morgan fingerprint density at radius 1 is 0.600 bits per heavy atom. The van der Waals surface area contributed by atoms with E-state index in [2.05, 4.69) is 26.0 Å². The van der Waals surface area contributed by atoms with Crippen molar-refractivity contribution in [3.8, 4) is 0 Å². The van der Waals surface area contributed by atoms with Crippen LogP contribution < -0.4 is 4.89 Å². The topological polar surface area (TPSA) is 111 Å². The summed E-state index contributed by atoms with van der Waals surface area (Å²) < 4.78 is 33.8. The first-order valence-corrected chi connectivity index (χ1v) is 21.9. The number of phosphoric ester groups is 1. The summed E-state index contributed by atoms with van der Waals surface area (Å²) >= 11 is 0. The van der Waals surface area contributed by atoms with E-state index in [4.69, 9.17) is 18.5 Å². The molecule has 10 heteroatoms. The lowest BCUT2D eigenvalue weighted by atomic mass is 10.0. The minimum atomic E-state index is -4.61. The Bertz CT molecular complexity index is 876. The number of carbonyl (C=O) groups is 2. The number of esters is 2. The van der Waals surface area contributed by atoms with Gasteiger partial charge in [-0.2, -0.15) is 0 Å². The van der Waals surface area contributed by atoms with Crippen LogP contribution in [-0.4, -0.2) is 70.0 Å². The zero-order chi connectivity index (χ0) is 37.2. The number of ether oxygens (including phenoxy) is 2. The lowest BCUT2D eigenvalue weighted by Gasteiger charge is -2.28. The van der Waals surface area contributed by atoms with Gasteiger partial charge in [0.15, 0.2) is 6.10 Å². The average Bonchev–Trinajstić information content (AvgIpc) is 3.06. The molecule has 2 atom stereocenters. The van der Waals surface area contributed by atoms with E-state index in [1.54, 1.807) is 0 Å². The van der Waals surface area contributed by atoms with Gasteiger partial charge in [-0.1, -0.05) is 148 Å². The van der Waals surface area contributed by atoms with Gasteiger partial charge >= 0.3 is 11.9 Å². The van der Waals surface area contributed by atoms with Crippen molar-refractivity contribution in [1.29, 1.82) is 0 Å². The maximum absolute atomic E-state index is 12.6. The van der Waals surface area contributed by atoms with Crippen LogP contribution in [0.5, 0.6) is 0 Å². The molecule has 0 aliphatic rings. The number of nitrogens with zero attached hydrogens (tertiary/aromatic N) is 1. The van der Waals surface area contributed by atoms with E-state index in [1.807, 2.05) is 21.1 Å². The van der Waals surface area contributed by atoms with Crippen molar-refractivity contribution in [2.24, 2.45) is 0 Å². The Morgan fingerprint density at radius 2 is 1.04 bits per heavy atom. The van der Waals surface area contributed by atoms with Crippen LogP contribution in [-0.2, 0) is 32.7 Å². The molecule has 1 unspecified atom stereocenters. The molecule has 50 heavy (non-hydrogen) atoms. The SMILES string of the molecule is CCCC/C=C\CCCCCCCC(=O)OC[C@H](COP(=O)([O-])OCC[N+](C)(C)C)OC(=O)CCCCCCCCCCCCCCCCC. The number of rotatable bonds is 37. The van der Waals surface area contributed by atoms with Gasteiger partial charge in [-0.25, -0.2) is 0 Å².